The van der Waals surface area contributed by atoms with Crippen LogP contribution in [0.25, 0.3) is 0 Å². The van der Waals surface area contributed by atoms with Gasteiger partial charge in [-0.15, -0.1) is 0 Å². The van der Waals surface area contributed by atoms with E-state index < -0.39 is 0 Å². The van der Waals surface area contributed by atoms with Gasteiger partial charge in [-0.2, -0.15) is 0 Å². The van der Waals surface area contributed by atoms with E-state index in [0.29, 0.717) is 0 Å². The molecular weight excluding hydrogens is 324 g/mol. The fourth-order valence-corrected chi connectivity index (χ4v) is 7.43. The second kappa shape index (κ2) is 8.67. The number of rotatable bonds is 7. The van der Waals surface area contributed by atoms with Gasteiger partial charge in [0.05, 0.1) is 0 Å². The molecule has 0 aliphatic heterocycles. The van der Waals surface area contributed by atoms with E-state index in [-0.39, 0.29) is 0 Å². The number of nitrogens with two attached hydrogens (primary N) is 2. The lowest BCUT2D eigenvalue weighted by Crippen LogP contribution is -1.86. The van der Waals surface area contributed by atoms with E-state index in [4.69, 9.17) is 11.5 Å². The third-order valence-corrected chi connectivity index (χ3v) is 8.81. The topological polar surface area (TPSA) is 52.0 Å². The molecule has 0 radical (unpaired) electrons. The van der Waals surface area contributed by atoms with Crippen LogP contribution in [-0.4, -0.2) is 0 Å². The van der Waals surface area contributed by atoms with E-state index in [9.17, 15) is 0 Å². The summed E-state index contributed by atoms with van der Waals surface area (Å²) < 4.78 is 0. The Balaban J connectivity index is 1.60. The number of benzene rings is 2. The third kappa shape index (κ3) is 5.83. The zero-order chi connectivity index (χ0) is 14.2. The van der Waals surface area contributed by atoms with Gasteiger partial charge in [0.1, 0.15) is 0 Å². The minimum Gasteiger partial charge on any atom is -0.399 e. The second-order valence-electron chi connectivity index (χ2n) is 4.15. The molecule has 0 atom stereocenters. The van der Waals surface area contributed by atoms with Gasteiger partial charge in [-0.25, -0.2) is 0 Å². The summed E-state index contributed by atoms with van der Waals surface area (Å²) in [5.41, 5.74) is 15.7. The molecule has 0 saturated carbocycles. The second-order valence-corrected chi connectivity index (χ2v) is 10.2. The molecular formula is C14H16N2S4. The van der Waals surface area contributed by atoms with Crippen LogP contribution in [0.5, 0.6) is 0 Å². The number of anilines is 2. The van der Waals surface area contributed by atoms with Gasteiger partial charge in [-0.3, -0.25) is 0 Å². The molecule has 0 saturated heterocycles. The molecule has 0 amide bonds. The summed E-state index contributed by atoms with van der Waals surface area (Å²) >= 11 is 0. The highest BCUT2D eigenvalue weighted by Crippen LogP contribution is 2.45. The van der Waals surface area contributed by atoms with Crippen molar-refractivity contribution in [3.63, 3.8) is 0 Å². The molecule has 20 heavy (non-hydrogen) atoms. The standard InChI is InChI=1S/C14H16N2S4/c15-13-5-1-3-11(7-13)9-17-19-20-18-10-12-4-2-6-14(16)8-12/h1-8H,9-10,15-16H2. The Bertz CT molecular complexity index is 499. The smallest absolute Gasteiger partial charge is 0.0317 e. The zero-order valence-electron chi connectivity index (χ0n) is 10.8. The van der Waals surface area contributed by atoms with Crippen LogP contribution in [0.2, 0.25) is 0 Å². The Morgan fingerprint density at radius 1 is 0.700 bits per heavy atom. The summed E-state index contributed by atoms with van der Waals surface area (Å²) in [5, 5.41) is 0. The molecule has 2 nitrogen and oxygen atoms in total. The summed E-state index contributed by atoms with van der Waals surface area (Å²) in [5.74, 6) is 1.95. The maximum absolute atomic E-state index is 5.75. The molecule has 2 aromatic carbocycles. The fraction of sp³-hybridized carbons (Fsp3) is 0.143. The van der Waals surface area contributed by atoms with Crippen molar-refractivity contribution in [2.75, 3.05) is 11.5 Å². The first-order valence-corrected chi connectivity index (χ1v) is 11.2. The lowest BCUT2D eigenvalue weighted by molar-refractivity contribution is 1.43. The maximum atomic E-state index is 5.75. The van der Waals surface area contributed by atoms with Gasteiger partial charge in [0.15, 0.2) is 0 Å². The summed E-state index contributed by atoms with van der Waals surface area (Å²) in [4.78, 5) is 0. The van der Waals surface area contributed by atoms with Gasteiger partial charge in [0.25, 0.3) is 0 Å². The van der Waals surface area contributed by atoms with E-state index >= 15 is 0 Å². The van der Waals surface area contributed by atoms with Crippen molar-refractivity contribution in [2.45, 2.75) is 11.5 Å². The molecule has 6 heteroatoms. The van der Waals surface area contributed by atoms with E-state index in [2.05, 4.69) is 12.1 Å². The highest BCUT2D eigenvalue weighted by molar-refractivity contribution is 9.25. The van der Waals surface area contributed by atoms with Crippen LogP contribution < -0.4 is 11.5 Å². The van der Waals surface area contributed by atoms with Crippen molar-refractivity contribution in [1.82, 2.24) is 0 Å². The normalized spacial score (nSPS) is 10.6. The largest absolute Gasteiger partial charge is 0.399 e. The number of hydrogen-bond donors (Lipinski definition) is 2. The quantitative estimate of drug-likeness (QED) is 0.409. The lowest BCUT2D eigenvalue weighted by atomic mass is 10.2. The van der Waals surface area contributed by atoms with Crippen LogP contribution in [-0.2, 0) is 11.5 Å². The molecule has 0 aromatic heterocycles. The van der Waals surface area contributed by atoms with Gasteiger partial charge < -0.3 is 11.5 Å². The first-order chi connectivity index (χ1) is 9.74. The Morgan fingerprint density at radius 2 is 1.15 bits per heavy atom. The number of hydrogen-bond acceptors (Lipinski definition) is 6. The van der Waals surface area contributed by atoms with E-state index in [0.717, 1.165) is 22.9 Å². The summed E-state index contributed by atoms with van der Waals surface area (Å²) in [6.45, 7) is 0. The van der Waals surface area contributed by atoms with Crippen molar-refractivity contribution >= 4 is 52.6 Å². The van der Waals surface area contributed by atoms with Crippen LogP contribution in [0, 0.1) is 0 Å². The average Bonchev–Trinajstić information content (AvgIpc) is 2.43. The zero-order valence-corrected chi connectivity index (χ0v) is 14.1. The minimum absolute atomic E-state index is 0.830. The molecule has 0 aliphatic carbocycles. The van der Waals surface area contributed by atoms with Gasteiger partial charge in [-0.1, -0.05) is 45.9 Å². The molecule has 0 fully saturated rings. The predicted molar refractivity (Wildman–Crippen MR) is 99.5 cm³/mol. The Morgan fingerprint density at radius 3 is 1.55 bits per heavy atom. The van der Waals surface area contributed by atoms with Crippen molar-refractivity contribution in [2.24, 2.45) is 0 Å². The van der Waals surface area contributed by atoms with Crippen LogP contribution in [0.4, 0.5) is 11.4 Å². The monoisotopic (exact) mass is 340 g/mol. The molecule has 0 bridgehead atoms. The van der Waals surface area contributed by atoms with Crippen LogP contribution in [0.1, 0.15) is 11.1 Å². The highest BCUT2D eigenvalue weighted by atomic mass is 33.7. The molecule has 0 heterocycles. The minimum atomic E-state index is 0.830. The Kier molecular flexibility index (Phi) is 6.86. The first kappa shape index (κ1) is 15.8. The van der Waals surface area contributed by atoms with E-state index in [1.54, 1.807) is 19.7 Å². The fourth-order valence-electron chi connectivity index (χ4n) is 1.59. The van der Waals surface area contributed by atoms with Crippen molar-refractivity contribution in [3.8, 4) is 0 Å². The first-order valence-electron chi connectivity index (χ1n) is 6.00. The molecule has 2 rings (SSSR count). The van der Waals surface area contributed by atoms with E-state index in [1.807, 2.05) is 58.0 Å². The maximum Gasteiger partial charge on any atom is 0.0317 e. The van der Waals surface area contributed by atoms with Gasteiger partial charge >= 0.3 is 0 Å². The van der Waals surface area contributed by atoms with Gasteiger partial charge in [-0.05, 0) is 55.0 Å². The Labute approximate surface area is 135 Å². The Hall–Kier alpha value is -0.560. The highest BCUT2D eigenvalue weighted by Gasteiger charge is 1.98. The number of nitrogen functional groups attached to an aromatic ring is 2. The SMILES string of the molecule is Nc1cccc(CSSSSCc2cccc(N)c2)c1. The molecule has 0 unspecified atom stereocenters. The molecule has 0 aliphatic rings. The average molecular weight is 341 g/mol. The molecule has 4 N–H and O–H groups in total. The van der Waals surface area contributed by atoms with Crippen LogP contribution in [0.15, 0.2) is 48.5 Å². The van der Waals surface area contributed by atoms with Crippen molar-refractivity contribution in [3.05, 3.63) is 59.7 Å². The molecule has 106 valence electrons. The van der Waals surface area contributed by atoms with Gasteiger partial charge in [0.2, 0.25) is 0 Å². The summed E-state index contributed by atoms with van der Waals surface area (Å²) in [6.07, 6.45) is 0. The lowest BCUT2D eigenvalue weighted by Gasteiger charge is -2.03. The van der Waals surface area contributed by atoms with Crippen molar-refractivity contribution in [1.29, 1.82) is 0 Å². The predicted octanol–water partition coefficient (Wildman–Crippen LogP) is 5.23. The summed E-state index contributed by atoms with van der Waals surface area (Å²) in [6, 6.07) is 16.1. The van der Waals surface area contributed by atoms with Crippen molar-refractivity contribution < 1.29 is 0 Å². The van der Waals surface area contributed by atoms with Gasteiger partial charge in [0, 0.05) is 22.9 Å². The van der Waals surface area contributed by atoms with Crippen LogP contribution in [0.3, 0.4) is 0 Å². The molecule has 0 spiro atoms. The summed E-state index contributed by atoms with van der Waals surface area (Å²) in [7, 11) is 7.27. The van der Waals surface area contributed by atoms with E-state index in [1.165, 1.54) is 11.1 Å². The third-order valence-electron chi connectivity index (χ3n) is 2.48. The van der Waals surface area contributed by atoms with Crippen LogP contribution >= 0.6 is 41.2 Å². The molecule has 2 aromatic rings.